The van der Waals surface area contributed by atoms with E-state index in [1.807, 2.05) is 23.1 Å². The molecule has 98 valence electrons. The van der Waals surface area contributed by atoms with Gasteiger partial charge in [-0.3, -0.25) is 4.68 Å². The van der Waals surface area contributed by atoms with Gasteiger partial charge in [-0.2, -0.15) is 5.10 Å². The molecule has 1 aromatic rings. The molecule has 1 unspecified atom stereocenters. The monoisotopic (exact) mass is 238 g/mol. The zero-order valence-corrected chi connectivity index (χ0v) is 11.8. The standard InChI is InChI=1S/C13H26N4/c1-12(17-9-6-7-15-17)11-16(5)10-8-14-13(2,3)4/h6-7,9,12,14H,8,10-11H2,1-5H3. The summed E-state index contributed by atoms with van der Waals surface area (Å²) in [5, 5.41) is 7.76. The molecule has 1 atom stereocenters. The van der Waals surface area contributed by atoms with Crippen LogP contribution in [0.5, 0.6) is 0 Å². The highest BCUT2D eigenvalue weighted by Gasteiger charge is 2.10. The molecule has 0 aliphatic carbocycles. The first kappa shape index (κ1) is 14.2. The van der Waals surface area contributed by atoms with Crippen molar-refractivity contribution in [3.05, 3.63) is 18.5 Å². The molecule has 0 spiro atoms. The third-order valence-corrected chi connectivity index (χ3v) is 2.70. The van der Waals surface area contributed by atoms with Gasteiger partial charge in [0.15, 0.2) is 0 Å². The summed E-state index contributed by atoms with van der Waals surface area (Å²) in [5.41, 5.74) is 0.203. The minimum absolute atomic E-state index is 0.203. The summed E-state index contributed by atoms with van der Waals surface area (Å²) in [4.78, 5) is 2.34. The van der Waals surface area contributed by atoms with Gasteiger partial charge in [-0.05, 0) is 40.8 Å². The van der Waals surface area contributed by atoms with Crippen molar-refractivity contribution in [1.82, 2.24) is 20.0 Å². The molecule has 0 bridgehead atoms. The molecular formula is C13H26N4. The molecule has 4 heteroatoms. The lowest BCUT2D eigenvalue weighted by atomic mass is 10.1. The van der Waals surface area contributed by atoms with E-state index >= 15 is 0 Å². The summed E-state index contributed by atoms with van der Waals surface area (Å²) < 4.78 is 2.01. The number of aromatic nitrogens is 2. The first-order chi connectivity index (χ1) is 7.88. The lowest BCUT2D eigenvalue weighted by Gasteiger charge is -2.25. The van der Waals surface area contributed by atoms with Gasteiger partial charge in [0.25, 0.3) is 0 Å². The van der Waals surface area contributed by atoms with Crippen molar-refractivity contribution in [3.63, 3.8) is 0 Å². The zero-order chi connectivity index (χ0) is 12.9. The molecule has 0 amide bonds. The maximum atomic E-state index is 4.26. The van der Waals surface area contributed by atoms with Crippen LogP contribution in [0.15, 0.2) is 18.5 Å². The van der Waals surface area contributed by atoms with Gasteiger partial charge in [-0.15, -0.1) is 0 Å². The molecule has 0 saturated carbocycles. The molecule has 4 nitrogen and oxygen atoms in total. The number of hydrogen-bond donors (Lipinski definition) is 1. The van der Waals surface area contributed by atoms with Crippen LogP contribution in [0.25, 0.3) is 0 Å². The van der Waals surface area contributed by atoms with Crippen LogP contribution >= 0.6 is 0 Å². The molecule has 1 rings (SSSR count). The van der Waals surface area contributed by atoms with E-state index in [1.54, 1.807) is 0 Å². The van der Waals surface area contributed by atoms with Crippen LogP contribution in [0.3, 0.4) is 0 Å². The molecule has 0 saturated heterocycles. The van der Waals surface area contributed by atoms with Gasteiger partial charge in [-0.1, -0.05) is 0 Å². The fraction of sp³-hybridized carbons (Fsp3) is 0.769. The number of hydrogen-bond acceptors (Lipinski definition) is 3. The molecule has 0 aromatic carbocycles. The van der Waals surface area contributed by atoms with Crippen molar-refractivity contribution in [2.24, 2.45) is 0 Å². The quantitative estimate of drug-likeness (QED) is 0.820. The van der Waals surface area contributed by atoms with E-state index in [0.717, 1.165) is 19.6 Å². The predicted octanol–water partition coefficient (Wildman–Crippen LogP) is 1.76. The first-order valence-corrected chi connectivity index (χ1v) is 6.31. The smallest absolute Gasteiger partial charge is 0.0617 e. The fourth-order valence-electron chi connectivity index (χ4n) is 1.79. The maximum absolute atomic E-state index is 4.26. The van der Waals surface area contributed by atoms with Gasteiger partial charge in [-0.25, -0.2) is 0 Å². The second-order valence-electron chi connectivity index (χ2n) is 5.77. The molecule has 0 aliphatic heterocycles. The Morgan fingerprint density at radius 3 is 2.65 bits per heavy atom. The topological polar surface area (TPSA) is 33.1 Å². The summed E-state index contributed by atoms with van der Waals surface area (Å²) in [6.45, 7) is 11.9. The Balaban J connectivity index is 2.23. The van der Waals surface area contributed by atoms with Crippen LogP contribution in [-0.2, 0) is 0 Å². The molecule has 0 aliphatic rings. The van der Waals surface area contributed by atoms with Crippen LogP contribution in [0.2, 0.25) is 0 Å². The van der Waals surface area contributed by atoms with Gasteiger partial charge in [0.05, 0.1) is 6.04 Å². The number of nitrogens with zero attached hydrogens (tertiary/aromatic N) is 3. The van der Waals surface area contributed by atoms with Crippen LogP contribution in [0.1, 0.15) is 33.7 Å². The highest BCUT2D eigenvalue weighted by molar-refractivity contribution is 4.81. The SMILES string of the molecule is CC(CN(C)CCNC(C)(C)C)n1cccn1. The maximum Gasteiger partial charge on any atom is 0.0617 e. The molecular weight excluding hydrogens is 212 g/mol. The number of nitrogens with one attached hydrogen (secondary N) is 1. The lowest BCUT2D eigenvalue weighted by Crippen LogP contribution is -2.41. The van der Waals surface area contributed by atoms with Gasteiger partial charge in [0.1, 0.15) is 0 Å². The van der Waals surface area contributed by atoms with E-state index in [4.69, 9.17) is 0 Å². The molecule has 17 heavy (non-hydrogen) atoms. The van der Waals surface area contributed by atoms with E-state index in [9.17, 15) is 0 Å². The van der Waals surface area contributed by atoms with E-state index < -0.39 is 0 Å². The Bertz CT molecular complexity index is 300. The number of likely N-dealkylation sites (N-methyl/N-ethyl adjacent to an activating group) is 1. The Kier molecular flexibility index (Phi) is 5.15. The highest BCUT2D eigenvalue weighted by Crippen LogP contribution is 2.04. The Labute approximate surface area is 105 Å². The Hall–Kier alpha value is -0.870. The van der Waals surface area contributed by atoms with Crippen molar-refractivity contribution < 1.29 is 0 Å². The van der Waals surface area contributed by atoms with Crippen LogP contribution in [-0.4, -0.2) is 46.9 Å². The minimum atomic E-state index is 0.203. The largest absolute Gasteiger partial charge is 0.311 e. The third-order valence-electron chi connectivity index (χ3n) is 2.70. The van der Waals surface area contributed by atoms with Gasteiger partial charge in [0.2, 0.25) is 0 Å². The molecule has 0 fully saturated rings. The highest BCUT2D eigenvalue weighted by atomic mass is 15.3. The second-order valence-corrected chi connectivity index (χ2v) is 5.77. The molecule has 0 radical (unpaired) electrons. The zero-order valence-electron chi connectivity index (χ0n) is 11.8. The van der Waals surface area contributed by atoms with Gasteiger partial charge >= 0.3 is 0 Å². The minimum Gasteiger partial charge on any atom is -0.311 e. The number of rotatable bonds is 6. The normalized spacial score (nSPS) is 14.2. The Morgan fingerprint density at radius 1 is 1.41 bits per heavy atom. The fourth-order valence-corrected chi connectivity index (χ4v) is 1.79. The van der Waals surface area contributed by atoms with Crippen LogP contribution in [0, 0.1) is 0 Å². The van der Waals surface area contributed by atoms with E-state index in [2.05, 4.69) is 50.1 Å². The van der Waals surface area contributed by atoms with Crippen molar-refractivity contribution >= 4 is 0 Å². The average molecular weight is 238 g/mol. The molecule has 1 N–H and O–H groups in total. The van der Waals surface area contributed by atoms with Crippen molar-refractivity contribution in [2.45, 2.75) is 39.3 Å². The van der Waals surface area contributed by atoms with E-state index in [1.165, 1.54) is 0 Å². The van der Waals surface area contributed by atoms with Crippen molar-refractivity contribution in [3.8, 4) is 0 Å². The second kappa shape index (κ2) is 6.17. The van der Waals surface area contributed by atoms with Gasteiger partial charge < -0.3 is 10.2 Å². The summed E-state index contributed by atoms with van der Waals surface area (Å²) >= 11 is 0. The van der Waals surface area contributed by atoms with Gasteiger partial charge in [0, 0.05) is 37.6 Å². The third kappa shape index (κ3) is 5.84. The van der Waals surface area contributed by atoms with Crippen molar-refractivity contribution in [2.75, 3.05) is 26.7 Å². The Morgan fingerprint density at radius 2 is 2.12 bits per heavy atom. The van der Waals surface area contributed by atoms with E-state index in [0.29, 0.717) is 6.04 Å². The summed E-state index contributed by atoms with van der Waals surface area (Å²) in [5.74, 6) is 0. The van der Waals surface area contributed by atoms with Crippen LogP contribution in [0.4, 0.5) is 0 Å². The predicted molar refractivity (Wildman–Crippen MR) is 72.2 cm³/mol. The first-order valence-electron chi connectivity index (χ1n) is 6.31. The average Bonchev–Trinajstić information content (AvgIpc) is 2.67. The summed E-state index contributed by atoms with van der Waals surface area (Å²) in [7, 11) is 2.16. The molecule has 1 heterocycles. The lowest BCUT2D eigenvalue weighted by molar-refractivity contribution is 0.265. The summed E-state index contributed by atoms with van der Waals surface area (Å²) in [6, 6.07) is 2.39. The van der Waals surface area contributed by atoms with Crippen molar-refractivity contribution in [1.29, 1.82) is 0 Å². The summed E-state index contributed by atoms with van der Waals surface area (Å²) in [6.07, 6.45) is 3.85. The van der Waals surface area contributed by atoms with E-state index in [-0.39, 0.29) is 5.54 Å². The molecule has 1 aromatic heterocycles. The van der Waals surface area contributed by atoms with Crippen LogP contribution < -0.4 is 5.32 Å².